The van der Waals surface area contributed by atoms with Gasteiger partial charge in [-0.05, 0) is 62.9 Å². The van der Waals surface area contributed by atoms with E-state index in [1.807, 2.05) is 23.1 Å². The number of nitrogens with zero attached hydrogens (tertiary/aromatic N) is 2. The molecule has 2 heterocycles. The van der Waals surface area contributed by atoms with E-state index in [9.17, 15) is 4.79 Å². The molecule has 1 N–H and O–H groups in total. The highest BCUT2D eigenvalue weighted by Crippen LogP contribution is 2.28. The maximum Gasteiger partial charge on any atom is 0.317 e. The normalized spacial score (nSPS) is 18.3. The van der Waals surface area contributed by atoms with Crippen molar-refractivity contribution in [1.82, 2.24) is 15.1 Å². The lowest BCUT2D eigenvalue weighted by molar-refractivity contribution is 0.134. The lowest BCUT2D eigenvalue weighted by Crippen LogP contribution is -2.48. The van der Waals surface area contributed by atoms with Gasteiger partial charge in [-0.25, -0.2) is 4.79 Å². The summed E-state index contributed by atoms with van der Waals surface area (Å²) in [4.78, 5) is 17.1. The lowest BCUT2D eigenvalue weighted by atomic mass is 10.0. The van der Waals surface area contributed by atoms with Crippen molar-refractivity contribution in [3.63, 3.8) is 0 Å². The zero-order valence-corrected chi connectivity index (χ0v) is 17.4. The Labute approximate surface area is 169 Å². The molecule has 0 saturated carbocycles. The zero-order valence-electron chi connectivity index (χ0n) is 17.4. The zero-order chi connectivity index (χ0) is 19.8. The van der Waals surface area contributed by atoms with Gasteiger partial charge in [0.1, 0.15) is 0 Å². The second-order valence-corrected chi connectivity index (χ2v) is 7.81. The van der Waals surface area contributed by atoms with E-state index in [0.29, 0.717) is 24.9 Å². The highest BCUT2D eigenvalue weighted by atomic mass is 16.5. The third kappa shape index (κ3) is 5.53. The van der Waals surface area contributed by atoms with Crippen molar-refractivity contribution in [2.45, 2.75) is 58.0 Å². The van der Waals surface area contributed by atoms with Crippen LogP contribution in [0.5, 0.6) is 11.5 Å². The molecule has 6 nitrogen and oxygen atoms in total. The molecule has 0 radical (unpaired) electrons. The monoisotopic (exact) mass is 389 g/mol. The molecule has 156 valence electrons. The van der Waals surface area contributed by atoms with Gasteiger partial charge in [-0.2, -0.15) is 0 Å². The third-order valence-corrected chi connectivity index (χ3v) is 5.84. The van der Waals surface area contributed by atoms with Gasteiger partial charge in [0.15, 0.2) is 11.5 Å². The summed E-state index contributed by atoms with van der Waals surface area (Å²) in [5.41, 5.74) is 1.01. The molecule has 2 amide bonds. The van der Waals surface area contributed by atoms with Crippen LogP contribution in [0.25, 0.3) is 0 Å². The summed E-state index contributed by atoms with van der Waals surface area (Å²) in [7, 11) is 1.65. The predicted molar refractivity (Wildman–Crippen MR) is 111 cm³/mol. The van der Waals surface area contributed by atoms with E-state index in [0.717, 1.165) is 50.1 Å². The van der Waals surface area contributed by atoms with Crippen molar-refractivity contribution in [3.8, 4) is 11.5 Å². The molecule has 1 aromatic rings. The van der Waals surface area contributed by atoms with E-state index in [1.54, 1.807) is 7.11 Å². The fourth-order valence-corrected chi connectivity index (χ4v) is 4.10. The highest BCUT2D eigenvalue weighted by molar-refractivity contribution is 5.74. The number of benzene rings is 1. The van der Waals surface area contributed by atoms with Crippen LogP contribution in [-0.4, -0.2) is 61.8 Å². The summed E-state index contributed by atoms with van der Waals surface area (Å²) in [6.45, 7) is 7.49. The highest BCUT2D eigenvalue weighted by Gasteiger charge is 2.28. The molecule has 1 aromatic carbocycles. The number of carbonyl (C=O) groups excluding carboxylic acids is 1. The minimum Gasteiger partial charge on any atom is -0.493 e. The number of methoxy groups -OCH3 is 1. The van der Waals surface area contributed by atoms with Crippen molar-refractivity contribution >= 4 is 6.03 Å². The molecule has 0 aromatic heterocycles. The molecular formula is C22H35N3O3. The second-order valence-electron chi connectivity index (χ2n) is 7.81. The predicted octanol–water partition coefficient (Wildman–Crippen LogP) is 3.64. The van der Waals surface area contributed by atoms with Crippen molar-refractivity contribution < 1.29 is 14.3 Å². The SMILES string of the molecule is CCCCOc1ccc(CNC(=O)N2CCC(N3CCCC3)CC2)cc1OC. The molecule has 0 unspecified atom stereocenters. The first-order chi connectivity index (χ1) is 13.7. The van der Waals surface area contributed by atoms with Crippen LogP contribution in [0.15, 0.2) is 18.2 Å². The topological polar surface area (TPSA) is 54.0 Å². The van der Waals surface area contributed by atoms with Crippen molar-refractivity contribution in [3.05, 3.63) is 23.8 Å². The quantitative estimate of drug-likeness (QED) is 0.690. The van der Waals surface area contributed by atoms with E-state index in [4.69, 9.17) is 9.47 Å². The average molecular weight is 390 g/mol. The molecule has 2 saturated heterocycles. The number of hydrogen-bond donors (Lipinski definition) is 1. The van der Waals surface area contributed by atoms with Crippen molar-refractivity contribution in [1.29, 1.82) is 0 Å². The summed E-state index contributed by atoms with van der Waals surface area (Å²) in [6.07, 6.45) is 6.95. The molecule has 2 aliphatic heterocycles. The maximum absolute atomic E-state index is 12.5. The first kappa shape index (κ1) is 20.8. The van der Waals surface area contributed by atoms with Crippen molar-refractivity contribution in [2.75, 3.05) is 39.9 Å². The average Bonchev–Trinajstić information content (AvgIpc) is 3.28. The number of likely N-dealkylation sites (tertiary alicyclic amines) is 2. The Morgan fingerprint density at radius 3 is 2.57 bits per heavy atom. The van der Waals surface area contributed by atoms with Gasteiger partial charge < -0.3 is 24.6 Å². The van der Waals surface area contributed by atoms with Gasteiger partial charge in [-0.15, -0.1) is 0 Å². The number of amides is 2. The Kier molecular flexibility index (Phi) is 7.83. The smallest absolute Gasteiger partial charge is 0.317 e. The van der Waals surface area contributed by atoms with Crippen LogP contribution in [0.1, 0.15) is 51.0 Å². The molecular weight excluding hydrogens is 354 g/mol. The first-order valence-corrected chi connectivity index (χ1v) is 10.8. The number of unbranched alkanes of at least 4 members (excludes halogenated alkanes) is 1. The molecule has 0 atom stereocenters. The van der Waals surface area contributed by atoms with Gasteiger partial charge in [0.05, 0.1) is 13.7 Å². The van der Waals surface area contributed by atoms with E-state index < -0.39 is 0 Å². The van der Waals surface area contributed by atoms with Crippen LogP contribution in [0.4, 0.5) is 4.79 Å². The number of ether oxygens (including phenoxy) is 2. The standard InChI is InChI=1S/C22H35N3O3/c1-3-4-15-28-20-8-7-18(16-21(20)27-2)17-23-22(26)25-13-9-19(10-14-25)24-11-5-6-12-24/h7-8,16,19H,3-6,9-15,17H2,1-2H3,(H,23,26). The summed E-state index contributed by atoms with van der Waals surface area (Å²) < 4.78 is 11.2. The number of carbonyl (C=O) groups is 1. The third-order valence-electron chi connectivity index (χ3n) is 5.84. The van der Waals surface area contributed by atoms with Gasteiger partial charge in [0.2, 0.25) is 0 Å². The van der Waals surface area contributed by atoms with Crippen LogP contribution < -0.4 is 14.8 Å². The number of nitrogens with one attached hydrogen (secondary N) is 1. The number of rotatable bonds is 8. The largest absolute Gasteiger partial charge is 0.493 e. The van der Waals surface area contributed by atoms with E-state index in [-0.39, 0.29) is 6.03 Å². The molecule has 6 heteroatoms. The molecule has 0 spiro atoms. The molecule has 0 aliphatic carbocycles. The van der Waals surface area contributed by atoms with Gasteiger partial charge in [-0.3, -0.25) is 0 Å². The Balaban J connectivity index is 1.45. The maximum atomic E-state index is 12.5. The summed E-state index contributed by atoms with van der Waals surface area (Å²) >= 11 is 0. The minimum absolute atomic E-state index is 0.0297. The van der Waals surface area contributed by atoms with Crippen molar-refractivity contribution in [2.24, 2.45) is 0 Å². The van der Waals surface area contributed by atoms with Crippen LogP contribution in [0.2, 0.25) is 0 Å². The number of hydrogen-bond acceptors (Lipinski definition) is 4. The second kappa shape index (κ2) is 10.6. The van der Waals surface area contributed by atoms with Crippen LogP contribution in [0.3, 0.4) is 0 Å². The van der Waals surface area contributed by atoms with Gasteiger partial charge >= 0.3 is 6.03 Å². The summed E-state index contributed by atoms with van der Waals surface area (Å²) in [6, 6.07) is 6.56. The van der Waals surface area contributed by atoms with Gasteiger partial charge in [0, 0.05) is 25.7 Å². The molecule has 2 aliphatic rings. The molecule has 2 fully saturated rings. The number of piperidine rings is 1. The van der Waals surface area contributed by atoms with E-state index >= 15 is 0 Å². The summed E-state index contributed by atoms with van der Waals surface area (Å²) in [5, 5.41) is 3.05. The number of urea groups is 1. The molecule has 28 heavy (non-hydrogen) atoms. The summed E-state index contributed by atoms with van der Waals surface area (Å²) in [5.74, 6) is 1.48. The Morgan fingerprint density at radius 1 is 1.14 bits per heavy atom. The van der Waals surface area contributed by atoms with E-state index in [1.165, 1.54) is 25.9 Å². The minimum atomic E-state index is 0.0297. The Hall–Kier alpha value is -1.95. The van der Waals surface area contributed by atoms with Gasteiger partial charge in [0.25, 0.3) is 0 Å². The van der Waals surface area contributed by atoms with Crippen LogP contribution in [0, 0.1) is 0 Å². The lowest BCUT2D eigenvalue weighted by Gasteiger charge is -2.36. The Morgan fingerprint density at radius 2 is 1.89 bits per heavy atom. The Bertz CT molecular complexity index is 623. The van der Waals surface area contributed by atoms with Crippen LogP contribution in [-0.2, 0) is 6.54 Å². The van der Waals surface area contributed by atoms with Gasteiger partial charge in [-0.1, -0.05) is 19.4 Å². The van der Waals surface area contributed by atoms with Crippen LogP contribution >= 0.6 is 0 Å². The fourth-order valence-electron chi connectivity index (χ4n) is 4.10. The molecule has 0 bridgehead atoms. The fraction of sp³-hybridized carbons (Fsp3) is 0.682. The van der Waals surface area contributed by atoms with E-state index in [2.05, 4.69) is 17.1 Å². The molecule has 3 rings (SSSR count). The first-order valence-electron chi connectivity index (χ1n) is 10.8.